The van der Waals surface area contributed by atoms with Crippen molar-refractivity contribution < 1.29 is 5.48 Å². The molecule has 0 amide bonds. The Bertz CT molecular complexity index is 590. The van der Waals surface area contributed by atoms with Crippen LogP contribution in [0.5, 0.6) is 0 Å². The smallest absolute Gasteiger partial charge is 0.327 e. The molecule has 0 atom stereocenters. The Kier molecular flexibility index (Phi) is 4.08. The quantitative estimate of drug-likeness (QED) is 0.343. The number of aromatic amines is 4. The molecule has 0 saturated carbocycles. The van der Waals surface area contributed by atoms with E-state index in [0.717, 1.165) is 0 Å². The minimum absolute atomic E-state index is 0. The summed E-state index contributed by atoms with van der Waals surface area (Å²) in [6.07, 6.45) is 0. The number of hydrogen-bond acceptors (Lipinski definition) is 3. The number of fused-ring (bicyclic) bond motifs is 1. The Balaban J connectivity index is 0.000000845. The van der Waals surface area contributed by atoms with E-state index < -0.39 is 16.9 Å². The van der Waals surface area contributed by atoms with E-state index in [-0.39, 0.29) is 46.2 Å². The molecule has 9 heteroatoms. The molecule has 0 saturated heterocycles. The van der Waals surface area contributed by atoms with Crippen molar-refractivity contribution in [2.24, 2.45) is 0 Å². The fourth-order valence-corrected chi connectivity index (χ4v) is 0.958. The molecule has 14 heavy (non-hydrogen) atoms. The van der Waals surface area contributed by atoms with Gasteiger partial charge in [-0.2, -0.15) is 0 Å². The molecule has 2 aromatic rings. The zero-order valence-electron chi connectivity index (χ0n) is 7.22. The normalized spacial score (nSPS) is 9.14. The van der Waals surface area contributed by atoms with Crippen molar-refractivity contribution in [2.45, 2.75) is 0 Å². The van der Waals surface area contributed by atoms with Crippen LogP contribution in [0.4, 0.5) is 0 Å². The maximum atomic E-state index is 10.9. The number of aromatic nitrogens is 4. The van der Waals surface area contributed by atoms with Crippen LogP contribution in [-0.4, -0.2) is 55.0 Å². The molecule has 0 aliphatic rings. The largest absolute Gasteiger partial charge is 0.412 e. The Morgan fingerprint density at radius 3 is 1.86 bits per heavy atom. The molecular formula is C5H6N4NaO4. The SMILES string of the molecule is O.O=c1[nH]c(=O)c2[nH]c(=O)[nH]c2[nH]1.[Na]. The summed E-state index contributed by atoms with van der Waals surface area (Å²) >= 11 is 0. The van der Waals surface area contributed by atoms with E-state index in [1.54, 1.807) is 0 Å². The van der Waals surface area contributed by atoms with Crippen LogP contribution in [0.15, 0.2) is 14.4 Å². The standard InChI is InChI=1S/C5H4N4O3.Na.H2O/c10-3-1-2(7-4(11)6-1)8-5(12)9-3;;/h(H4,6,7,8,9,10,11,12);;1H2. The van der Waals surface area contributed by atoms with Gasteiger partial charge in [-0.3, -0.25) is 24.7 Å². The molecule has 6 N–H and O–H groups in total. The van der Waals surface area contributed by atoms with E-state index in [0.29, 0.717) is 0 Å². The molecule has 0 unspecified atom stereocenters. The third-order valence-corrected chi connectivity index (χ3v) is 1.42. The van der Waals surface area contributed by atoms with E-state index in [1.807, 2.05) is 4.98 Å². The first kappa shape index (κ1) is 12.9. The van der Waals surface area contributed by atoms with Crippen LogP contribution in [0, 0.1) is 0 Å². The molecule has 0 aliphatic heterocycles. The third-order valence-electron chi connectivity index (χ3n) is 1.42. The monoisotopic (exact) mass is 209 g/mol. The van der Waals surface area contributed by atoms with Crippen LogP contribution in [0.2, 0.25) is 0 Å². The second-order valence-electron chi connectivity index (χ2n) is 2.24. The minimum atomic E-state index is -0.650. The van der Waals surface area contributed by atoms with Gasteiger partial charge >= 0.3 is 11.4 Å². The van der Waals surface area contributed by atoms with Gasteiger partial charge in [0.05, 0.1) is 0 Å². The molecule has 0 spiro atoms. The molecule has 0 aromatic carbocycles. The van der Waals surface area contributed by atoms with E-state index in [2.05, 4.69) is 15.0 Å². The Morgan fingerprint density at radius 1 is 0.786 bits per heavy atom. The summed E-state index contributed by atoms with van der Waals surface area (Å²) < 4.78 is 0. The number of nitrogens with one attached hydrogen (secondary N) is 4. The summed E-state index contributed by atoms with van der Waals surface area (Å²) in [6.45, 7) is 0. The van der Waals surface area contributed by atoms with Gasteiger partial charge < -0.3 is 5.48 Å². The van der Waals surface area contributed by atoms with Gasteiger partial charge in [-0.1, -0.05) is 0 Å². The van der Waals surface area contributed by atoms with Crippen LogP contribution in [-0.2, 0) is 0 Å². The minimum Gasteiger partial charge on any atom is -0.412 e. The third kappa shape index (κ3) is 2.04. The van der Waals surface area contributed by atoms with Crippen molar-refractivity contribution in [2.75, 3.05) is 0 Å². The van der Waals surface area contributed by atoms with E-state index in [9.17, 15) is 14.4 Å². The van der Waals surface area contributed by atoms with Crippen LogP contribution in [0.25, 0.3) is 11.2 Å². The van der Waals surface area contributed by atoms with E-state index >= 15 is 0 Å². The number of imidazole rings is 1. The van der Waals surface area contributed by atoms with Gasteiger partial charge in [-0.15, -0.1) is 0 Å². The Labute approximate surface area is 97.4 Å². The molecule has 2 heterocycles. The van der Waals surface area contributed by atoms with Crippen molar-refractivity contribution in [3.05, 3.63) is 31.3 Å². The first-order valence-electron chi connectivity index (χ1n) is 3.11. The molecule has 0 bridgehead atoms. The molecular weight excluding hydrogens is 203 g/mol. The second kappa shape index (κ2) is 4.42. The molecule has 71 valence electrons. The van der Waals surface area contributed by atoms with Gasteiger partial charge in [0.15, 0.2) is 0 Å². The molecule has 1 radical (unpaired) electrons. The fraction of sp³-hybridized carbons (Fsp3) is 0. The summed E-state index contributed by atoms with van der Waals surface area (Å²) in [5.74, 6) is 0. The first-order chi connectivity index (χ1) is 5.66. The molecule has 8 nitrogen and oxygen atoms in total. The molecule has 2 rings (SSSR count). The average Bonchev–Trinajstić information content (AvgIpc) is 2.29. The van der Waals surface area contributed by atoms with Crippen molar-refractivity contribution in [3.63, 3.8) is 0 Å². The number of hydrogen-bond donors (Lipinski definition) is 4. The Hall–Kier alpha value is -1.09. The first-order valence-corrected chi connectivity index (χ1v) is 3.11. The van der Waals surface area contributed by atoms with Gasteiger partial charge in [0.2, 0.25) is 0 Å². The van der Waals surface area contributed by atoms with Crippen LogP contribution in [0.3, 0.4) is 0 Å². The fourth-order valence-electron chi connectivity index (χ4n) is 0.958. The maximum absolute atomic E-state index is 10.9. The van der Waals surface area contributed by atoms with E-state index in [1.165, 1.54) is 0 Å². The molecule has 0 fully saturated rings. The van der Waals surface area contributed by atoms with Crippen molar-refractivity contribution in [3.8, 4) is 0 Å². The topological polar surface area (TPSA) is 146 Å². The average molecular weight is 209 g/mol. The predicted molar refractivity (Wildman–Crippen MR) is 49.5 cm³/mol. The second-order valence-corrected chi connectivity index (χ2v) is 2.24. The predicted octanol–water partition coefficient (Wildman–Crippen LogP) is -2.97. The summed E-state index contributed by atoms with van der Waals surface area (Å²) in [6, 6.07) is 0. The summed E-state index contributed by atoms with van der Waals surface area (Å²) in [4.78, 5) is 41.0. The van der Waals surface area contributed by atoms with Crippen molar-refractivity contribution in [1.82, 2.24) is 19.9 Å². The van der Waals surface area contributed by atoms with Crippen LogP contribution < -0.4 is 16.9 Å². The van der Waals surface area contributed by atoms with Gasteiger partial charge in [0.25, 0.3) is 5.56 Å². The van der Waals surface area contributed by atoms with Crippen LogP contribution in [0.1, 0.15) is 0 Å². The molecule has 2 aromatic heterocycles. The zero-order valence-corrected chi connectivity index (χ0v) is 9.22. The van der Waals surface area contributed by atoms with Gasteiger partial charge in [0, 0.05) is 29.6 Å². The zero-order chi connectivity index (χ0) is 8.72. The van der Waals surface area contributed by atoms with Gasteiger partial charge in [0.1, 0.15) is 11.2 Å². The Morgan fingerprint density at radius 2 is 1.29 bits per heavy atom. The van der Waals surface area contributed by atoms with E-state index in [4.69, 9.17) is 0 Å². The van der Waals surface area contributed by atoms with Gasteiger partial charge in [-0.05, 0) is 0 Å². The van der Waals surface area contributed by atoms with Crippen LogP contribution >= 0.6 is 0 Å². The maximum Gasteiger partial charge on any atom is 0.327 e. The molecule has 0 aliphatic carbocycles. The van der Waals surface area contributed by atoms with Crippen molar-refractivity contribution in [1.29, 1.82) is 0 Å². The van der Waals surface area contributed by atoms with Crippen molar-refractivity contribution >= 4 is 40.7 Å². The summed E-state index contributed by atoms with van der Waals surface area (Å²) in [5.41, 5.74) is -1.65. The number of rotatable bonds is 0. The van der Waals surface area contributed by atoms with Gasteiger partial charge in [-0.25, -0.2) is 9.59 Å². The summed E-state index contributed by atoms with van der Waals surface area (Å²) in [5, 5.41) is 0. The summed E-state index contributed by atoms with van der Waals surface area (Å²) in [7, 11) is 0. The number of H-pyrrole nitrogens is 4.